The Morgan fingerprint density at radius 1 is 1.30 bits per heavy atom. The van der Waals surface area contributed by atoms with Crippen LogP contribution in [0.3, 0.4) is 0 Å². The van der Waals surface area contributed by atoms with Crippen LogP contribution in [0.4, 0.5) is 10.1 Å². The fourth-order valence-electron chi connectivity index (χ4n) is 2.13. The van der Waals surface area contributed by atoms with E-state index in [1.54, 1.807) is 0 Å². The third kappa shape index (κ3) is 4.10. The Morgan fingerprint density at radius 2 is 2.00 bits per heavy atom. The van der Waals surface area contributed by atoms with E-state index in [0.717, 1.165) is 23.8 Å². The van der Waals surface area contributed by atoms with Crippen LogP contribution >= 0.6 is 0 Å². The quantitative estimate of drug-likeness (QED) is 0.656. The molecule has 7 heteroatoms. The Hall–Kier alpha value is -2.80. The largest absolute Gasteiger partial charge is 0.375 e. The van der Waals surface area contributed by atoms with Crippen LogP contribution in [0.15, 0.2) is 48.5 Å². The molecule has 23 heavy (non-hydrogen) atoms. The molecule has 120 valence electrons. The van der Waals surface area contributed by atoms with Gasteiger partial charge in [-0.3, -0.25) is 14.9 Å². The number of hydrogen-bond acceptors (Lipinski definition) is 4. The highest BCUT2D eigenvalue weighted by Crippen LogP contribution is 2.20. The summed E-state index contributed by atoms with van der Waals surface area (Å²) in [7, 11) is 1.49. The summed E-state index contributed by atoms with van der Waals surface area (Å²) >= 11 is 0. The SMILES string of the molecule is COC(CNC(=O)c1cc(F)ccc1[N+](=O)[O-])c1ccccc1. The number of ether oxygens (including phenoxy) is 1. The first kappa shape index (κ1) is 16.6. The van der Waals surface area contributed by atoms with E-state index in [1.807, 2.05) is 30.3 Å². The molecule has 1 amide bonds. The van der Waals surface area contributed by atoms with Gasteiger partial charge >= 0.3 is 0 Å². The zero-order valence-corrected chi connectivity index (χ0v) is 12.4. The fraction of sp³-hybridized carbons (Fsp3) is 0.188. The highest BCUT2D eigenvalue weighted by molar-refractivity contribution is 5.98. The Balaban J connectivity index is 2.13. The van der Waals surface area contributed by atoms with Crippen molar-refractivity contribution in [1.29, 1.82) is 0 Å². The topological polar surface area (TPSA) is 81.5 Å². The lowest BCUT2D eigenvalue weighted by Crippen LogP contribution is -2.29. The predicted molar refractivity (Wildman–Crippen MR) is 81.6 cm³/mol. The molecule has 1 unspecified atom stereocenters. The molecule has 0 bridgehead atoms. The molecule has 0 aliphatic carbocycles. The molecule has 6 nitrogen and oxygen atoms in total. The molecular formula is C16H15FN2O4. The highest BCUT2D eigenvalue weighted by atomic mass is 19.1. The molecule has 0 aliphatic rings. The maximum atomic E-state index is 13.3. The average Bonchev–Trinajstić information content (AvgIpc) is 2.55. The lowest BCUT2D eigenvalue weighted by molar-refractivity contribution is -0.385. The van der Waals surface area contributed by atoms with E-state index in [4.69, 9.17) is 4.74 Å². The molecule has 0 spiro atoms. The van der Waals surface area contributed by atoms with Crippen molar-refractivity contribution >= 4 is 11.6 Å². The van der Waals surface area contributed by atoms with E-state index in [2.05, 4.69) is 5.32 Å². The number of nitrogens with one attached hydrogen (secondary N) is 1. The van der Waals surface area contributed by atoms with Gasteiger partial charge in [0, 0.05) is 19.7 Å². The maximum absolute atomic E-state index is 13.3. The third-order valence-corrected chi connectivity index (χ3v) is 3.30. The van der Waals surface area contributed by atoms with Gasteiger partial charge in [0.05, 0.1) is 11.0 Å². The van der Waals surface area contributed by atoms with Crippen LogP contribution in [0, 0.1) is 15.9 Å². The van der Waals surface area contributed by atoms with Gasteiger partial charge in [0.1, 0.15) is 11.4 Å². The highest BCUT2D eigenvalue weighted by Gasteiger charge is 2.22. The van der Waals surface area contributed by atoms with E-state index in [-0.39, 0.29) is 12.1 Å². The van der Waals surface area contributed by atoms with E-state index in [1.165, 1.54) is 7.11 Å². The van der Waals surface area contributed by atoms with E-state index >= 15 is 0 Å². The first-order chi connectivity index (χ1) is 11.0. The number of methoxy groups -OCH3 is 1. The number of amides is 1. The van der Waals surface area contributed by atoms with Crippen LogP contribution < -0.4 is 5.32 Å². The predicted octanol–water partition coefficient (Wildman–Crippen LogP) is 2.85. The molecule has 0 aromatic heterocycles. The van der Waals surface area contributed by atoms with Gasteiger partial charge in [0.15, 0.2) is 0 Å². The van der Waals surface area contributed by atoms with Gasteiger partial charge in [0.25, 0.3) is 11.6 Å². The summed E-state index contributed by atoms with van der Waals surface area (Å²) in [5.41, 5.74) is 0.0829. The van der Waals surface area contributed by atoms with E-state index in [9.17, 15) is 19.3 Å². The Kier molecular flexibility index (Phi) is 5.37. The summed E-state index contributed by atoms with van der Waals surface area (Å²) in [4.78, 5) is 22.3. The standard InChI is InChI=1S/C16H15FN2O4/c1-23-15(11-5-3-2-4-6-11)10-18-16(20)13-9-12(17)7-8-14(13)19(21)22/h2-9,15H,10H2,1H3,(H,18,20). The normalized spacial score (nSPS) is 11.7. The van der Waals surface area contributed by atoms with Gasteiger partial charge in [0.2, 0.25) is 0 Å². The van der Waals surface area contributed by atoms with Gasteiger partial charge in [-0.1, -0.05) is 30.3 Å². The van der Waals surface area contributed by atoms with Crippen molar-refractivity contribution < 1.29 is 18.8 Å². The Morgan fingerprint density at radius 3 is 2.61 bits per heavy atom. The maximum Gasteiger partial charge on any atom is 0.282 e. The van der Waals surface area contributed by atoms with E-state index < -0.39 is 28.4 Å². The number of nitrogens with zero attached hydrogens (tertiary/aromatic N) is 1. The lowest BCUT2D eigenvalue weighted by atomic mass is 10.1. The van der Waals surface area contributed by atoms with Crippen LogP contribution in [0.2, 0.25) is 0 Å². The molecule has 0 radical (unpaired) electrons. The number of carbonyl (C=O) groups excluding carboxylic acids is 1. The number of carbonyl (C=O) groups is 1. The van der Waals surface area contributed by atoms with Gasteiger partial charge in [-0.05, 0) is 17.7 Å². The summed E-state index contributed by atoms with van der Waals surface area (Å²) in [6, 6.07) is 12.0. The summed E-state index contributed by atoms with van der Waals surface area (Å²) in [6.45, 7) is 0.104. The molecule has 0 heterocycles. The van der Waals surface area contributed by atoms with Crippen LogP contribution in [0.25, 0.3) is 0 Å². The van der Waals surface area contributed by atoms with Crippen molar-refractivity contribution in [2.24, 2.45) is 0 Å². The van der Waals surface area contributed by atoms with Gasteiger partial charge < -0.3 is 10.1 Å². The van der Waals surface area contributed by atoms with Crippen molar-refractivity contribution in [3.63, 3.8) is 0 Å². The second-order valence-corrected chi connectivity index (χ2v) is 4.76. The Labute approximate surface area is 132 Å². The van der Waals surface area contributed by atoms with Crippen molar-refractivity contribution in [1.82, 2.24) is 5.32 Å². The molecule has 1 N–H and O–H groups in total. The zero-order chi connectivity index (χ0) is 16.8. The van der Waals surface area contributed by atoms with Crippen LogP contribution in [0.5, 0.6) is 0 Å². The molecule has 0 saturated carbocycles. The van der Waals surface area contributed by atoms with E-state index in [0.29, 0.717) is 0 Å². The molecule has 1 atom stereocenters. The first-order valence-corrected chi connectivity index (χ1v) is 6.83. The number of hydrogen-bond donors (Lipinski definition) is 1. The minimum absolute atomic E-state index is 0.104. The van der Waals surface area contributed by atoms with Crippen LogP contribution in [0.1, 0.15) is 22.0 Å². The minimum Gasteiger partial charge on any atom is -0.375 e. The van der Waals surface area contributed by atoms with Crippen molar-refractivity contribution in [2.45, 2.75) is 6.10 Å². The van der Waals surface area contributed by atoms with Gasteiger partial charge in [-0.2, -0.15) is 0 Å². The van der Waals surface area contributed by atoms with Crippen molar-refractivity contribution in [3.8, 4) is 0 Å². The molecule has 2 aromatic carbocycles. The first-order valence-electron chi connectivity index (χ1n) is 6.83. The van der Waals surface area contributed by atoms with Crippen LogP contribution in [-0.2, 0) is 4.74 Å². The summed E-state index contributed by atoms with van der Waals surface area (Å²) < 4.78 is 18.6. The minimum atomic E-state index is -0.728. The van der Waals surface area contributed by atoms with Gasteiger partial charge in [-0.25, -0.2) is 4.39 Å². The lowest BCUT2D eigenvalue weighted by Gasteiger charge is -2.16. The second kappa shape index (κ2) is 7.46. The van der Waals surface area contributed by atoms with Crippen LogP contribution in [-0.4, -0.2) is 24.5 Å². The molecule has 2 rings (SSSR count). The Bertz CT molecular complexity index is 706. The molecular weight excluding hydrogens is 303 g/mol. The summed E-state index contributed by atoms with van der Waals surface area (Å²) in [5, 5.41) is 13.5. The third-order valence-electron chi connectivity index (χ3n) is 3.30. The number of benzene rings is 2. The fourth-order valence-corrected chi connectivity index (χ4v) is 2.13. The van der Waals surface area contributed by atoms with Crippen molar-refractivity contribution in [3.05, 3.63) is 75.6 Å². The van der Waals surface area contributed by atoms with Crippen molar-refractivity contribution in [2.75, 3.05) is 13.7 Å². The average molecular weight is 318 g/mol. The number of nitro benzene ring substituents is 1. The number of rotatable bonds is 6. The number of nitro groups is 1. The molecule has 0 saturated heterocycles. The molecule has 0 fully saturated rings. The number of halogens is 1. The summed E-state index contributed by atoms with van der Waals surface area (Å²) in [6.07, 6.45) is -0.409. The zero-order valence-electron chi connectivity index (χ0n) is 12.4. The monoisotopic (exact) mass is 318 g/mol. The second-order valence-electron chi connectivity index (χ2n) is 4.76. The molecule has 2 aromatic rings. The molecule has 0 aliphatic heterocycles. The smallest absolute Gasteiger partial charge is 0.282 e. The van der Waals surface area contributed by atoms with Gasteiger partial charge in [-0.15, -0.1) is 0 Å². The summed E-state index contributed by atoms with van der Waals surface area (Å²) in [5.74, 6) is -1.44.